The van der Waals surface area contributed by atoms with Crippen LogP contribution in [-0.4, -0.2) is 52.5 Å². The number of piperazine rings is 1. The topological polar surface area (TPSA) is 61.4 Å². The van der Waals surface area contributed by atoms with Gasteiger partial charge in [0.2, 0.25) is 11.9 Å². The molecule has 2 saturated heterocycles. The lowest BCUT2D eigenvalue weighted by atomic mass is 10.0. The summed E-state index contributed by atoms with van der Waals surface area (Å²) in [5.41, 5.74) is 2.29. The van der Waals surface area contributed by atoms with E-state index >= 15 is 0 Å². The average Bonchev–Trinajstić information content (AvgIpc) is 3.26. The van der Waals surface area contributed by atoms with Crippen LogP contribution in [0.3, 0.4) is 0 Å². The molecule has 1 aliphatic carbocycles. The predicted molar refractivity (Wildman–Crippen MR) is 99.9 cm³/mol. The number of carbonyl (C=O) groups is 1. The third-order valence-corrected chi connectivity index (χ3v) is 6.83. The van der Waals surface area contributed by atoms with E-state index in [1.165, 1.54) is 44.1 Å². The van der Waals surface area contributed by atoms with Crippen LogP contribution < -0.4 is 10.2 Å². The molecule has 5 rings (SSSR count). The Labute approximate surface area is 155 Å². The third-order valence-electron chi connectivity index (χ3n) is 6.83. The van der Waals surface area contributed by atoms with Gasteiger partial charge in [-0.1, -0.05) is 12.8 Å². The van der Waals surface area contributed by atoms with Gasteiger partial charge in [-0.25, -0.2) is 9.97 Å². The Morgan fingerprint density at radius 2 is 1.92 bits per heavy atom. The summed E-state index contributed by atoms with van der Waals surface area (Å²) in [5, 5.41) is 3.51. The first-order valence-corrected chi connectivity index (χ1v) is 10.4. The molecule has 4 heterocycles. The Morgan fingerprint density at radius 1 is 1.15 bits per heavy atom. The van der Waals surface area contributed by atoms with E-state index in [2.05, 4.69) is 10.2 Å². The van der Waals surface area contributed by atoms with E-state index in [4.69, 9.17) is 9.97 Å². The Balaban J connectivity index is 1.31. The number of aromatic nitrogens is 2. The number of fused-ring (bicyclic) bond motifs is 3. The summed E-state index contributed by atoms with van der Waals surface area (Å²) in [6, 6.07) is 1.05. The van der Waals surface area contributed by atoms with Crippen molar-refractivity contribution in [3.63, 3.8) is 0 Å². The molecule has 0 radical (unpaired) electrons. The van der Waals surface area contributed by atoms with Gasteiger partial charge in [-0.3, -0.25) is 4.79 Å². The number of carbonyl (C=O) groups excluding carboxylic acids is 1. The minimum Gasteiger partial charge on any atom is -0.336 e. The van der Waals surface area contributed by atoms with Gasteiger partial charge in [-0.05, 0) is 43.6 Å². The predicted octanol–water partition coefficient (Wildman–Crippen LogP) is 1.88. The minimum absolute atomic E-state index is 0.324. The molecule has 2 unspecified atom stereocenters. The number of hydrogen-bond donors (Lipinski definition) is 1. The number of anilines is 1. The zero-order chi connectivity index (χ0) is 17.5. The van der Waals surface area contributed by atoms with Crippen molar-refractivity contribution in [2.45, 2.75) is 70.0 Å². The minimum atomic E-state index is 0.324. The number of amides is 1. The third kappa shape index (κ3) is 2.98. The van der Waals surface area contributed by atoms with Gasteiger partial charge in [0.25, 0.3) is 0 Å². The van der Waals surface area contributed by atoms with E-state index in [9.17, 15) is 4.79 Å². The van der Waals surface area contributed by atoms with Crippen molar-refractivity contribution in [3.8, 4) is 0 Å². The summed E-state index contributed by atoms with van der Waals surface area (Å²) in [4.78, 5) is 26.8. The van der Waals surface area contributed by atoms with Crippen LogP contribution in [0.25, 0.3) is 0 Å². The van der Waals surface area contributed by atoms with E-state index < -0.39 is 0 Å². The molecule has 2 bridgehead atoms. The first-order valence-electron chi connectivity index (χ1n) is 10.4. The molecule has 1 amide bonds. The van der Waals surface area contributed by atoms with Crippen molar-refractivity contribution >= 4 is 11.9 Å². The second-order valence-electron chi connectivity index (χ2n) is 8.51. The fourth-order valence-electron chi connectivity index (χ4n) is 5.33. The van der Waals surface area contributed by atoms with Crippen molar-refractivity contribution in [2.24, 2.45) is 5.92 Å². The molecule has 2 atom stereocenters. The largest absolute Gasteiger partial charge is 0.336 e. The molecule has 1 aromatic rings. The van der Waals surface area contributed by atoms with Crippen LogP contribution in [-0.2, 0) is 17.8 Å². The maximum atomic E-state index is 12.7. The summed E-state index contributed by atoms with van der Waals surface area (Å²) < 4.78 is 0. The van der Waals surface area contributed by atoms with Crippen molar-refractivity contribution in [3.05, 3.63) is 17.5 Å². The van der Waals surface area contributed by atoms with Gasteiger partial charge >= 0.3 is 0 Å². The van der Waals surface area contributed by atoms with E-state index in [1.54, 1.807) is 0 Å². The van der Waals surface area contributed by atoms with E-state index in [0.29, 0.717) is 30.5 Å². The van der Waals surface area contributed by atoms with E-state index in [1.807, 2.05) is 11.1 Å². The van der Waals surface area contributed by atoms with Crippen LogP contribution in [0.1, 0.15) is 56.2 Å². The zero-order valence-corrected chi connectivity index (χ0v) is 15.5. The van der Waals surface area contributed by atoms with Crippen molar-refractivity contribution in [2.75, 3.05) is 24.5 Å². The lowest BCUT2D eigenvalue weighted by Crippen LogP contribution is -2.52. The number of hydrogen-bond acceptors (Lipinski definition) is 5. The highest BCUT2D eigenvalue weighted by atomic mass is 16.2. The molecule has 1 aromatic heterocycles. The highest BCUT2D eigenvalue weighted by Crippen LogP contribution is 2.32. The van der Waals surface area contributed by atoms with Gasteiger partial charge in [-0.2, -0.15) is 0 Å². The van der Waals surface area contributed by atoms with Gasteiger partial charge in [0.05, 0.1) is 12.2 Å². The summed E-state index contributed by atoms with van der Waals surface area (Å²) in [6.45, 7) is 3.55. The highest BCUT2D eigenvalue weighted by Gasteiger charge is 2.38. The van der Waals surface area contributed by atoms with E-state index in [-0.39, 0.29) is 0 Å². The molecule has 140 valence electrons. The SMILES string of the molecule is O=C(CC1CCCC1)N1CCc2cnc(N3C4CCC3CNC4)nc2C1. The van der Waals surface area contributed by atoms with Crippen LogP contribution in [0, 0.1) is 5.92 Å². The van der Waals surface area contributed by atoms with E-state index in [0.717, 1.165) is 44.1 Å². The fraction of sp³-hybridized carbons (Fsp3) is 0.750. The number of nitrogens with one attached hydrogen (secondary N) is 1. The molecule has 1 N–H and O–H groups in total. The molecule has 0 spiro atoms. The molecular formula is C20H29N5O. The average molecular weight is 355 g/mol. The molecule has 3 fully saturated rings. The van der Waals surface area contributed by atoms with Gasteiger partial charge in [0, 0.05) is 44.3 Å². The highest BCUT2D eigenvalue weighted by molar-refractivity contribution is 5.76. The number of rotatable bonds is 3. The van der Waals surface area contributed by atoms with Gasteiger partial charge in [0.15, 0.2) is 0 Å². The molecule has 6 nitrogen and oxygen atoms in total. The van der Waals surface area contributed by atoms with Crippen molar-refractivity contribution in [1.29, 1.82) is 0 Å². The summed E-state index contributed by atoms with van der Waals surface area (Å²) in [6.07, 6.45) is 11.1. The first kappa shape index (κ1) is 16.5. The van der Waals surface area contributed by atoms with Gasteiger partial charge in [0.1, 0.15) is 0 Å². The summed E-state index contributed by atoms with van der Waals surface area (Å²) in [7, 11) is 0. The van der Waals surface area contributed by atoms with Crippen molar-refractivity contribution in [1.82, 2.24) is 20.2 Å². The Morgan fingerprint density at radius 3 is 2.69 bits per heavy atom. The lowest BCUT2D eigenvalue weighted by Gasteiger charge is -2.36. The first-order chi connectivity index (χ1) is 12.8. The fourth-order valence-corrected chi connectivity index (χ4v) is 5.33. The summed E-state index contributed by atoms with van der Waals surface area (Å²) >= 11 is 0. The van der Waals surface area contributed by atoms with Crippen molar-refractivity contribution < 1.29 is 4.79 Å². The molecule has 1 saturated carbocycles. The van der Waals surface area contributed by atoms with Crippen LogP contribution in [0.2, 0.25) is 0 Å². The Hall–Kier alpha value is -1.69. The molecule has 26 heavy (non-hydrogen) atoms. The van der Waals surface area contributed by atoms with Crippen LogP contribution in [0.5, 0.6) is 0 Å². The second kappa shape index (κ2) is 6.80. The maximum Gasteiger partial charge on any atom is 0.226 e. The Bertz CT molecular complexity index is 671. The Kier molecular flexibility index (Phi) is 4.31. The number of nitrogens with zero attached hydrogens (tertiary/aromatic N) is 4. The standard InChI is InChI=1S/C20H29N5O/c26-19(9-14-3-1-2-4-14)24-8-7-15-10-22-20(23-18(15)13-24)25-16-5-6-17(25)12-21-11-16/h10,14,16-17,21H,1-9,11-13H2. The zero-order valence-electron chi connectivity index (χ0n) is 15.5. The summed E-state index contributed by atoms with van der Waals surface area (Å²) in [5.74, 6) is 1.81. The molecule has 3 aliphatic heterocycles. The lowest BCUT2D eigenvalue weighted by molar-refractivity contribution is -0.133. The monoisotopic (exact) mass is 355 g/mol. The normalized spacial score (nSPS) is 28.5. The maximum absolute atomic E-state index is 12.7. The molecule has 0 aromatic carbocycles. The smallest absolute Gasteiger partial charge is 0.226 e. The van der Waals surface area contributed by atoms with Gasteiger partial charge in [-0.15, -0.1) is 0 Å². The van der Waals surface area contributed by atoms with Crippen LogP contribution in [0.15, 0.2) is 6.20 Å². The van der Waals surface area contributed by atoms with Crippen LogP contribution >= 0.6 is 0 Å². The molecular weight excluding hydrogens is 326 g/mol. The quantitative estimate of drug-likeness (QED) is 0.897. The molecule has 4 aliphatic rings. The van der Waals surface area contributed by atoms with Gasteiger partial charge < -0.3 is 15.1 Å². The van der Waals surface area contributed by atoms with Crippen LogP contribution in [0.4, 0.5) is 5.95 Å². The second-order valence-corrected chi connectivity index (χ2v) is 8.51. The molecule has 6 heteroatoms.